The fourth-order valence-electron chi connectivity index (χ4n) is 0.683. The molecule has 0 unspecified atom stereocenters. The van der Waals surface area contributed by atoms with Crippen molar-refractivity contribution in [2.24, 2.45) is 0 Å². The van der Waals surface area contributed by atoms with Crippen LogP contribution < -0.4 is 5.32 Å². The van der Waals surface area contributed by atoms with Gasteiger partial charge in [-0.3, -0.25) is 0 Å². The molecule has 0 saturated heterocycles. The monoisotopic (exact) mass is 220 g/mol. The molecule has 1 aromatic heterocycles. The van der Waals surface area contributed by atoms with Crippen LogP contribution in [0, 0.1) is 11.8 Å². The highest BCUT2D eigenvalue weighted by Gasteiger charge is 2.34. The molecule has 2 nitrogen and oxygen atoms in total. The topological polar surface area (TPSA) is 24.9 Å². The first-order valence-corrected chi connectivity index (χ1v) is 4.52. The predicted molar refractivity (Wildman–Crippen MR) is 47.9 cm³/mol. The standard InChI is InChI=1S/C8H7F3N2S/c1-12-4-2-3-6-5-13-7(14-6)8(9,10)11/h5,12H,4H2,1H3. The Morgan fingerprint density at radius 1 is 1.57 bits per heavy atom. The zero-order valence-corrected chi connectivity index (χ0v) is 8.09. The minimum atomic E-state index is -4.37. The number of nitrogens with one attached hydrogen (secondary N) is 1. The van der Waals surface area contributed by atoms with Crippen LogP contribution in [0.1, 0.15) is 9.88 Å². The molecule has 0 aliphatic carbocycles. The summed E-state index contributed by atoms with van der Waals surface area (Å²) in [7, 11) is 1.71. The highest BCUT2D eigenvalue weighted by atomic mass is 32.1. The molecule has 1 heterocycles. The van der Waals surface area contributed by atoms with E-state index in [9.17, 15) is 13.2 Å². The van der Waals surface area contributed by atoms with Crippen molar-refractivity contribution in [2.45, 2.75) is 6.18 Å². The Labute approximate surface area is 83.2 Å². The average molecular weight is 220 g/mol. The van der Waals surface area contributed by atoms with E-state index in [0.717, 1.165) is 6.20 Å². The Morgan fingerprint density at radius 2 is 2.29 bits per heavy atom. The summed E-state index contributed by atoms with van der Waals surface area (Å²) >= 11 is 0.553. The molecular weight excluding hydrogens is 213 g/mol. The molecule has 0 aliphatic rings. The molecule has 1 N–H and O–H groups in total. The van der Waals surface area contributed by atoms with Crippen molar-refractivity contribution in [1.82, 2.24) is 10.3 Å². The van der Waals surface area contributed by atoms with E-state index in [-0.39, 0.29) is 0 Å². The highest BCUT2D eigenvalue weighted by Crippen LogP contribution is 2.31. The van der Waals surface area contributed by atoms with Crippen LogP contribution in [-0.4, -0.2) is 18.6 Å². The second-order valence-corrected chi connectivity index (χ2v) is 3.39. The van der Waals surface area contributed by atoms with Gasteiger partial charge in [-0.15, -0.1) is 11.3 Å². The molecular formula is C8H7F3N2S. The Hall–Kier alpha value is -1.06. The van der Waals surface area contributed by atoms with Crippen LogP contribution >= 0.6 is 11.3 Å². The summed E-state index contributed by atoms with van der Waals surface area (Å²) in [6.07, 6.45) is -3.23. The van der Waals surface area contributed by atoms with Crippen LogP contribution in [0.15, 0.2) is 6.20 Å². The summed E-state index contributed by atoms with van der Waals surface area (Å²) in [5, 5.41) is 1.91. The van der Waals surface area contributed by atoms with E-state index in [2.05, 4.69) is 22.1 Å². The van der Waals surface area contributed by atoms with Gasteiger partial charge in [-0.05, 0) is 7.05 Å². The zero-order chi connectivity index (χ0) is 10.6. The summed E-state index contributed by atoms with van der Waals surface area (Å²) in [6.45, 7) is 0.444. The lowest BCUT2D eigenvalue weighted by atomic mass is 10.5. The third kappa shape index (κ3) is 3.01. The molecule has 14 heavy (non-hydrogen) atoms. The molecule has 0 amide bonds. The van der Waals surface area contributed by atoms with Gasteiger partial charge in [-0.1, -0.05) is 11.8 Å². The van der Waals surface area contributed by atoms with Crippen molar-refractivity contribution >= 4 is 11.3 Å². The molecule has 76 valence electrons. The van der Waals surface area contributed by atoms with Crippen molar-refractivity contribution in [1.29, 1.82) is 0 Å². The number of alkyl halides is 3. The molecule has 0 fully saturated rings. The Kier molecular flexibility index (Phi) is 3.49. The van der Waals surface area contributed by atoms with Crippen LogP contribution in [0.5, 0.6) is 0 Å². The van der Waals surface area contributed by atoms with E-state index in [1.54, 1.807) is 7.05 Å². The number of rotatable bonds is 1. The van der Waals surface area contributed by atoms with E-state index >= 15 is 0 Å². The van der Waals surface area contributed by atoms with Crippen molar-refractivity contribution in [3.05, 3.63) is 16.1 Å². The minimum Gasteiger partial charge on any atom is -0.309 e. The largest absolute Gasteiger partial charge is 0.443 e. The number of thiazole rings is 1. The third-order valence-electron chi connectivity index (χ3n) is 1.22. The van der Waals surface area contributed by atoms with E-state index in [0.29, 0.717) is 22.8 Å². The summed E-state index contributed by atoms with van der Waals surface area (Å²) in [4.78, 5) is 3.56. The van der Waals surface area contributed by atoms with Gasteiger partial charge in [0.05, 0.1) is 17.6 Å². The SMILES string of the molecule is CNCC#Cc1cnc(C(F)(F)F)s1. The summed E-state index contributed by atoms with van der Waals surface area (Å²) < 4.78 is 36.2. The van der Waals surface area contributed by atoms with E-state index in [1.165, 1.54) is 0 Å². The van der Waals surface area contributed by atoms with Crippen LogP contribution in [0.3, 0.4) is 0 Å². The molecule has 6 heteroatoms. The Balaban J connectivity index is 2.75. The molecule has 0 spiro atoms. The quantitative estimate of drug-likeness (QED) is 0.729. The lowest BCUT2D eigenvalue weighted by Gasteiger charge is -1.98. The van der Waals surface area contributed by atoms with E-state index < -0.39 is 11.2 Å². The van der Waals surface area contributed by atoms with Gasteiger partial charge < -0.3 is 5.32 Å². The first-order chi connectivity index (χ1) is 6.54. The highest BCUT2D eigenvalue weighted by molar-refractivity contribution is 7.12. The predicted octanol–water partition coefficient (Wildman–Crippen LogP) is 1.73. The van der Waals surface area contributed by atoms with Gasteiger partial charge in [0.2, 0.25) is 0 Å². The molecule has 0 radical (unpaired) electrons. The smallest absolute Gasteiger partial charge is 0.309 e. The number of hydrogen-bond donors (Lipinski definition) is 1. The first-order valence-electron chi connectivity index (χ1n) is 3.70. The lowest BCUT2D eigenvalue weighted by Crippen LogP contribution is -2.04. The second kappa shape index (κ2) is 4.44. The van der Waals surface area contributed by atoms with Gasteiger partial charge in [-0.2, -0.15) is 13.2 Å². The zero-order valence-electron chi connectivity index (χ0n) is 7.27. The van der Waals surface area contributed by atoms with Gasteiger partial charge in [-0.25, -0.2) is 4.98 Å². The van der Waals surface area contributed by atoms with Crippen LogP contribution in [0.2, 0.25) is 0 Å². The normalized spacial score (nSPS) is 10.9. The van der Waals surface area contributed by atoms with Gasteiger partial charge >= 0.3 is 6.18 Å². The number of aromatic nitrogens is 1. The third-order valence-corrected chi connectivity index (χ3v) is 2.18. The van der Waals surface area contributed by atoms with Crippen LogP contribution in [0.25, 0.3) is 0 Å². The molecule has 0 atom stereocenters. The molecule has 0 bridgehead atoms. The fourth-order valence-corrected chi connectivity index (χ4v) is 1.34. The van der Waals surface area contributed by atoms with Crippen LogP contribution in [0.4, 0.5) is 13.2 Å². The van der Waals surface area contributed by atoms with Gasteiger partial charge in [0.1, 0.15) is 0 Å². The number of hydrogen-bond acceptors (Lipinski definition) is 3. The van der Waals surface area contributed by atoms with Crippen molar-refractivity contribution in [3.8, 4) is 11.8 Å². The van der Waals surface area contributed by atoms with Crippen molar-refractivity contribution in [3.63, 3.8) is 0 Å². The fraction of sp³-hybridized carbons (Fsp3) is 0.375. The van der Waals surface area contributed by atoms with Crippen LogP contribution in [-0.2, 0) is 6.18 Å². The van der Waals surface area contributed by atoms with Gasteiger partial charge in [0.25, 0.3) is 0 Å². The maximum atomic E-state index is 12.1. The Bertz CT molecular complexity index is 359. The molecule has 0 aromatic carbocycles. The van der Waals surface area contributed by atoms with E-state index in [1.807, 2.05) is 0 Å². The second-order valence-electron chi connectivity index (χ2n) is 2.36. The summed E-state index contributed by atoms with van der Waals surface area (Å²) in [5.74, 6) is 5.24. The first kappa shape index (κ1) is 11.0. The van der Waals surface area contributed by atoms with Crippen molar-refractivity contribution in [2.75, 3.05) is 13.6 Å². The maximum Gasteiger partial charge on any atom is 0.443 e. The Morgan fingerprint density at radius 3 is 2.79 bits per heavy atom. The molecule has 0 aliphatic heterocycles. The van der Waals surface area contributed by atoms with Gasteiger partial charge in [0.15, 0.2) is 5.01 Å². The summed E-state index contributed by atoms with van der Waals surface area (Å²) in [6, 6.07) is 0. The van der Waals surface area contributed by atoms with Crippen molar-refractivity contribution < 1.29 is 13.2 Å². The molecule has 0 saturated carbocycles. The van der Waals surface area contributed by atoms with E-state index in [4.69, 9.17) is 0 Å². The lowest BCUT2D eigenvalue weighted by molar-refractivity contribution is -0.137. The number of halogens is 3. The summed E-state index contributed by atoms with van der Waals surface area (Å²) in [5.41, 5.74) is 0. The van der Waals surface area contributed by atoms with Gasteiger partial charge in [0, 0.05) is 0 Å². The molecule has 1 aromatic rings. The maximum absolute atomic E-state index is 12.1. The number of nitrogens with zero attached hydrogens (tertiary/aromatic N) is 1. The molecule has 1 rings (SSSR count). The average Bonchev–Trinajstić information content (AvgIpc) is 2.52. The minimum absolute atomic E-state index is 0.326.